The van der Waals surface area contributed by atoms with E-state index in [-0.39, 0.29) is 17.1 Å². The van der Waals surface area contributed by atoms with Crippen LogP contribution in [-0.2, 0) is 12.0 Å². The van der Waals surface area contributed by atoms with Crippen LogP contribution < -0.4 is 0 Å². The van der Waals surface area contributed by atoms with Crippen molar-refractivity contribution in [3.63, 3.8) is 0 Å². The molecule has 27 heavy (non-hydrogen) atoms. The third-order valence-electron chi connectivity index (χ3n) is 4.74. The van der Waals surface area contributed by atoms with Crippen LogP contribution in [0.1, 0.15) is 46.7 Å². The molecule has 1 aliphatic heterocycles. The second kappa shape index (κ2) is 7.86. The van der Waals surface area contributed by atoms with Gasteiger partial charge in [0.25, 0.3) is 5.91 Å². The number of hydrogen-bond acceptors (Lipinski definition) is 4. The van der Waals surface area contributed by atoms with E-state index in [1.54, 1.807) is 12.1 Å². The molecule has 0 aliphatic carbocycles. The van der Waals surface area contributed by atoms with E-state index in [0.29, 0.717) is 43.3 Å². The third kappa shape index (κ3) is 4.50. The van der Waals surface area contributed by atoms with Crippen LogP contribution in [0, 0.1) is 12.7 Å². The summed E-state index contributed by atoms with van der Waals surface area (Å²) >= 11 is 7.62. The van der Waals surface area contributed by atoms with Crippen molar-refractivity contribution in [2.24, 2.45) is 0 Å². The second-order valence-electron chi connectivity index (χ2n) is 7.95. The van der Waals surface area contributed by atoms with Crippen LogP contribution in [-0.4, -0.2) is 46.9 Å². The Balaban J connectivity index is 1.64. The van der Waals surface area contributed by atoms with E-state index in [9.17, 15) is 9.18 Å². The van der Waals surface area contributed by atoms with Gasteiger partial charge in [-0.25, -0.2) is 9.37 Å². The summed E-state index contributed by atoms with van der Waals surface area (Å²) in [6.07, 6.45) is 0. The zero-order valence-electron chi connectivity index (χ0n) is 16.2. The van der Waals surface area contributed by atoms with E-state index in [1.807, 2.05) is 11.8 Å². The Morgan fingerprint density at radius 3 is 2.48 bits per heavy atom. The first kappa shape index (κ1) is 20.2. The average molecular weight is 410 g/mol. The Labute approximate surface area is 169 Å². The molecule has 1 saturated heterocycles. The van der Waals surface area contributed by atoms with Crippen molar-refractivity contribution in [1.29, 1.82) is 0 Å². The third-order valence-corrected chi connectivity index (χ3v) is 6.66. The van der Waals surface area contributed by atoms with E-state index in [4.69, 9.17) is 11.6 Å². The molecule has 1 aromatic heterocycles. The van der Waals surface area contributed by atoms with Gasteiger partial charge in [0.1, 0.15) is 10.7 Å². The summed E-state index contributed by atoms with van der Waals surface area (Å²) in [7, 11) is 0. The van der Waals surface area contributed by atoms with Crippen molar-refractivity contribution < 1.29 is 9.18 Å². The van der Waals surface area contributed by atoms with Crippen LogP contribution in [0.3, 0.4) is 0 Å². The summed E-state index contributed by atoms with van der Waals surface area (Å²) < 4.78 is 14.0. The highest BCUT2D eigenvalue weighted by atomic mass is 35.5. The lowest BCUT2D eigenvalue weighted by Crippen LogP contribution is -2.48. The minimum Gasteiger partial charge on any atom is -0.335 e. The molecule has 1 aromatic carbocycles. The second-order valence-corrected chi connectivity index (χ2v) is 9.36. The number of thiazole rings is 1. The number of amides is 1. The molecule has 7 heteroatoms. The molecule has 1 amide bonds. The average Bonchev–Trinajstić information content (AvgIpc) is 3.00. The summed E-state index contributed by atoms with van der Waals surface area (Å²) in [5.41, 5.74) is 1.26. The van der Waals surface area contributed by atoms with Crippen LogP contribution in [0.2, 0.25) is 5.02 Å². The lowest BCUT2D eigenvalue weighted by Gasteiger charge is -2.34. The number of aryl methyl sites for hydroxylation is 1. The molecule has 3 rings (SSSR count). The normalized spacial score (nSPS) is 16.0. The highest BCUT2D eigenvalue weighted by Gasteiger charge is 2.28. The molecular weight excluding hydrogens is 385 g/mol. The Morgan fingerprint density at radius 2 is 1.93 bits per heavy atom. The lowest BCUT2D eigenvalue weighted by molar-refractivity contribution is 0.0631. The molecule has 0 N–H and O–H groups in total. The smallest absolute Gasteiger partial charge is 0.265 e. The number of benzene rings is 1. The predicted octanol–water partition coefficient (Wildman–Crippen LogP) is 4.50. The number of aromatic nitrogens is 1. The minimum atomic E-state index is -0.281. The molecule has 146 valence electrons. The topological polar surface area (TPSA) is 36.4 Å². The van der Waals surface area contributed by atoms with Crippen LogP contribution in [0.15, 0.2) is 18.2 Å². The van der Waals surface area contributed by atoms with Gasteiger partial charge in [-0.3, -0.25) is 9.69 Å². The highest BCUT2D eigenvalue weighted by molar-refractivity contribution is 7.14. The van der Waals surface area contributed by atoms with Gasteiger partial charge in [0, 0.05) is 48.7 Å². The maximum atomic E-state index is 14.0. The molecule has 0 atom stereocenters. The number of hydrogen-bond donors (Lipinski definition) is 0. The molecule has 0 saturated carbocycles. The molecule has 4 nitrogen and oxygen atoms in total. The molecule has 0 bridgehead atoms. The maximum absolute atomic E-state index is 14.0. The standard InChI is InChI=1S/C20H25ClFN3OS/c1-13-17(27-19(23-13)20(2,3)4)18(26)25-10-8-24(9-11-25)12-14-15(21)6-5-7-16(14)22/h5-7H,8-12H2,1-4H3. The van der Waals surface area contributed by atoms with Crippen LogP contribution >= 0.6 is 22.9 Å². The molecule has 0 unspecified atom stereocenters. The lowest BCUT2D eigenvalue weighted by atomic mass is 9.98. The summed E-state index contributed by atoms with van der Waals surface area (Å²) in [4.78, 5) is 22.3. The van der Waals surface area contributed by atoms with Gasteiger partial charge in [-0.15, -0.1) is 11.3 Å². The van der Waals surface area contributed by atoms with E-state index in [0.717, 1.165) is 15.6 Å². The quantitative estimate of drug-likeness (QED) is 0.748. The van der Waals surface area contributed by atoms with Crippen molar-refractivity contribution in [1.82, 2.24) is 14.8 Å². The summed E-state index contributed by atoms with van der Waals surface area (Å²) in [5, 5.41) is 1.43. The van der Waals surface area contributed by atoms with E-state index >= 15 is 0 Å². The van der Waals surface area contributed by atoms with E-state index in [2.05, 4.69) is 30.7 Å². The first-order chi connectivity index (χ1) is 12.7. The molecule has 1 aliphatic rings. The van der Waals surface area contributed by atoms with Gasteiger partial charge in [0.2, 0.25) is 0 Å². The van der Waals surface area contributed by atoms with Crippen molar-refractivity contribution in [2.75, 3.05) is 26.2 Å². The number of rotatable bonds is 3. The number of halogens is 2. The highest BCUT2D eigenvalue weighted by Crippen LogP contribution is 2.30. The van der Waals surface area contributed by atoms with Gasteiger partial charge < -0.3 is 4.90 Å². The van der Waals surface area contributed by atoms with E-state index in [1.165, 1.54) is 17.4 Å². The SMILES string of the molecule is Cc1nc(C(C)(C)C)sc1C(=O)N1CCN(Cc2c(F)cccc2Cl)CC1. The predicted molar refractivity (Wildman–Crippen MR) is 108 cm³/mol. The van der Waals surface area contributed by atoms with Crippen molar-refractivity contribution >= 4 is 28.8 Å². The van der Waals surface area contributed by atoms with Crippen molar-refractivity contribution in [3.8, 4) is 0 Å². The van der Waals surface area contributed by atoms with Gasteiger partial charge in [-0.1, -0.05) is 38.4 Å². The first-order valence-electron chi connectivity index (χ1n) is 9.09. The minimum absolute atomic E-state index is 0.0454. The summed E-state index contributed by atoms with van der Waals surface area (Å²) in [6, 6.07) is 4.75. The number of piperazine rings is 1. The Hall–Kier alpha value is -1.50. The van der Waals surface area contributed by atoms with Crippen LogP contribution in [0.25, 0.3) is 0 Å². The number of nitrogens with zero attached hydrogens (tertiary/aromatic N) is 3. The molecule has 2 aromatic rings. The van der Waals surface area contributed by atoms with Gasteiger partial charge in [0.15, 0.2) is 0 Å². The molecule has 0 radical (unpaired) electrons. The Bertz CT molecular complexity index is 818. The van der Waals surface area contributed by atoms with Crippen LogP contribution in [0.5, 0.6) is 0 Å². The van der Waals surface area contributed by atoms with Gasteiger partial charge in [-0.05, 0) is 19.1 Å². The summed E-state index contributed by atoms with van der Waals surface area (Å²) in [6.45, 7) is 11.3. The monoisotopic (exact) mass is 409 g/mol. The fourth-order valence-corrected chi connectivity index (χ4v) is 4.39. The summed E-state index contributed by atoms with van der Waals surface area (Å²) in [5.74, 6) is -0.236. The Morgan fingerprint density at radius 1 is 1.26 bits per heavy atom. The Kier molecular flexibility index (Phi) is 5.89. The van der Waals surface area contributed by atoms with Crippen LogP contribution in [0.4, 0.5) is 4.39 Å². The fourth-order valence-electron chi connectivity index (χ4n) is 3.08. The van der Waals surface area contributed by atoms with E-state index < -0.39 is 0 Å². The number of carbonyl (C=O) groups is 1. The fraction of sp³-hybridized carbons (Fsp3) is 0.500. The largest absolute Gasteiger partial charge is 0.335 e. The van der Waals surface area contributed by atoms with Crippen molar-refractivity contribution in [3.05, 3.63) is 50.2 Å². The maximum Gasteiger partial charge on any atom is 0.265 e. The number of carbonyl (C=O) groups excluding carboxylic acids is 1. The van der Waals surface area contributed by atoms with Gasteiger partial charge >= 0.3 is 0 Å². The molecule has 2 heterocycles. The zero-order chi connectivity index (χ0) is 19.8. The van der Waals surface area contributed by atoms with Crippen molar-refractivity contribution in [2.45, 2.75) is 39.7 Å². The molecule has 0 spiro atoms. The zero-order valence-corrected chi connectivity index (χ0v) is 17.8. The molecular formula is C20H25ClFN3OS. The van der Waals surface area contributed by atoms with Gasteiger partial charge in [-0.2, -0.15) is 0 Å². The van der Waals surface area contributed by atoms with Gasteiger partial charge in [0.05, 0.1) is 10.7 Å². The first-order valence-corrected chi connectivity index (χ1v) is 10.3. The molecule has 1 fully saturated rings.